The van der Waals surface area contributed by atoms with Gasteiger partial charge in [0, 0.05) is 19.6 Å². The molecule has 1 heterocycles. The van der Waals surface area contributed by atoms with E-state index in [2.05, 4.69) is 6.92 Å². The largest absolute Gasteiger partial charge is 0.358 e. The Labute approximate surface area is 122 Å². The van der Waals surface area contributed by atoms with E-state index in [1.54, 1.807) is 4.90 Å². The number of ketones is 1. The zero-order valence-electron chi connectivity index (χ0n) is 13.0. The third-order valence-electron chi connectivity index (χ3n) is 3.72. The number of hydrogen-bond acceptors (Lipinski definition) is 3. The molecule has 1 amide bonds. The van der Waals surface area contributed by atoms with Crippen LogP contribution < -0.4 is 0 Å². The Bertz CT molecular complexity index is 304. The van der Waals surface area contributed by atoms with E-state index < -0.39 is 0 Å². The van der Waals surface area contributed by atoms with Crippen LogP contribution in [0.2, 0.25) is 0 Å². The Hall–Kier alpha value is -0.900. The molecule has 1 saturated heterocycles. The number of unbranched alkanes of at least 4 members (excludes halogenated alkanes) is 3. The minimum Gasteiger partial charge on any atom is -0.358 e. The Balaban J connectivity index is 2.43. The van der Waals surface area contributed by atoms with Gasteiger partial charge in [0.05, 0.1) is 0 Å². The van der Waals surface area contributed by atoms with Gasteiger partial charge in [0.15, 0.2) is 0 Å². The highest BCUT2D eigenvalue weighted by atomic mass is 16.5. The lowest BCUT2D eigenvalue weighted by molar-refractivity contribution is -0.158. The molecule has 0 spiro atoms. The van der Waals surface area contributed by atoms with Crippen molar-refractivity contribution >= 4 is 11.7 Å². The SMILES string of the molecule is CCCCCCC(=O)C(=O)N1CCCCC1OCCC. The first-order valence-corrected chi connectivity index (χ1v) is 8.16. The van der Waals surface area contributed by atoms with Crippen LogP contribution in [0.25, 0.3) is 0 Å². The third-order valence-corrected chi connectivity index (χ3v) is 3.72. The van der Waals surface area contributed by atoms with Gasteiger partial charge >= 0.3 is 0 Å². The molecule has 1 atom stereocenters. The molecule has 0 aromatic rings. The zero-order chi connectivity index (χ0) is 14.8. The maximum Gasteiger partial charge on any atom is 0.291 e. The van der Waals surface area contributed by atoms with Gasteiger partial charge in [-0.2, -0.15) is 0 Å². The number of amides is 1. The zero-order valence-corrected chi connectivity index (χ0v) is 13.0. The molecule has 0 aromatic carbocycles. The molecule has 1 aliphatic rings. The first kappa shape index (κ1) is 17.2. The number of ether oxygens (including phenoxy) is 1. The van der Waals surface area contributed by atoms with Crippen molar-refractivity contribution in [2.24, 2.45) is 0 Å². The van der Waals surface area contributed by atoms with Crippen molar-refractivity contribution in [3.05, 3.63) is 0 Å². The van der Waals surface area contributed by atoms with E-state index in [9.17, 15) is 9.59 Å². The van der Waals surface area contributed by atoms with Gasteiger partial charge in [0.25, 0.3) is 5.91 Å². The first-order chi connectivity index (χ1) is 9.70. The van der Waals surface area contributed by atoms with Crippen molar-refractivity contribution in [3.63, 3.8) is 0 Å². The highest BCUT2D eigenvalue weighted by molar-refractivity contribution is 6.36. The highest BCUT2D eigenvalue weighted by Gasteiger charge is 2.30. The molecular weight excluding hydrogens is 254 g/mol. The summed E-state index contributed by atoms with van der Waals surface area (Å²) in [5.41, 5.74) is 0. The molecule has 4 heteroatoms. The summed E-state index contributed by atoms with van der Waals surface area (Å²) in [7, 11) is 0. The second kappa shape index (κ2) is 9.92. The van der Waals surface area contributed by atoms with E-state index in [0.29, 0.717) is 19.6 Å². The van der Waals surface area contributed by atoms with Crippen LogP contribution >= 0.6 is 0 Å². The molecule has 0 saturated carbocycles. The Morgan fingerprint density at radius 1 is 1.10 bits per heavy atom. The normalized spacial score (nSPS) is 19.1. The molecule has 1 rings (SSSR count). The van der Waals surface area contributed by atoms with E-state index in [4.69, 9.17) is 4.74 Å². The molecule has 0 aliphatic carbocycles. The van der Waals surface area contributed by atoms with Crippen molar-refractivity contribution in [1.29, 1.82) is 0 Å². The maximum atomic E-state index is 12.2. The van der Waals surface area contributed by atoms with Gasteiger partial charge < -0.3 is 9.64 Å². The average Bonchev–Trinajstić information content (AvgIpc) is 2.49. The van der Waals surface area contributed by atoms with Crippen molar-refractivity contribution in [2.45, 2.75) is 77.9 Å². The van der Waals surface area contributed by atoms with E-state index in [-0.39, 0.29) is 17.9 Å². The van der Waals surface area contributed by atoms with E-state index in [1.807, 2.05) is 6.92 Å². The van der Waals surface area contributed by atoms with Crippen molar-refractivity contribution in [2.75, 3.05) is 13.2 Å². The van der Waals surface area contributed by atoms with Crippen LogP contribution in [0.4, 0.5) is 0 Å². The Morgan fingerprint density at radius 3 is 2.60 bits per heavy atom. The Morgan fingerprint density at radius 2 is 1.90 bits per heavy atom. The van der Waals surface area contributed by atoms with Crippen molar-refractivity contribution in [1.82, 2.24) is 4.90 Å². The summed E-state index contributed by atoms with van der Waals surface area (Å²) in [6.45, 7) is 5.50. The van der Waals surface area contributed by atoms with Crippen LogP contribution in [0.1, 0.15) is 71.6 Å². The van der Waals surface area contributed by atoms with Gasteiger partial charge in [0.2, 0.25) is 5.78 Å². The number of rotatable bonds is 9. The monoisotopic (exact) mass is 283 g/mol. The maximum absolute atomic E-state index is 12.2. The lowest BCUT2D eigenvalue weighted by Crippen LogP contribution is -2.48. The molecule has 1 aliphatic heterocycles. The number of carbonyl (C=O) groups excluding carboxylic acids is 2. The lowest BCUT2D eigenvalue weighted by atomic mass is 10.1. The number of Topliss-reactive ketones (excluding diaryl/α,β-unsaturated/α-hetero) is 1. The number of hydrogen-bond donors (Lipinski definition) is 0. The molecule has 1 fully saturated rings. The third kappa shape index (κ3) is 5.61. The fourth-order valence-corrected chi connectivity index (χ4v) is 2.54. The number of likely N-dealkylation sites (tertiary alicyclic amines) is 1. The smallest absolute Gasteiger partial charge is 0.291 e. The summed E-state index contributed by atoms with van der Waals surface area (Å²) in [5, 5.41) is 0. The van der Waals surface area contributed by atoms with E-state index in [0.717, 1.165) is 51.4 Å². The molecule has 0 aromatic heterocycles. The number of piperidine rings is 1. The minimum atomic E-state index is -0.331. The summed E-state index contributed by atoms with van der Waals surface area (Å²) in [4.78, 5) is 25.9. The molecule has 116 valence electrons. The van der Waals surface area contributed by atoms with Crippen LogP contribution in [0, 0.1) is 0 Å². The Kier molecular flexibility index (Phi) is 8.51. The summed E-state index contributed by atoms with van der Waals surface area (Å²) in [5.74, 6) is -0.574. The molecular formula is C16H29NO3. The summed E-state index contributed by atoms with van der Waals surface area (Å²) in [6.07, 6.45) is 8.17. The fourth-order valence-electron chi connectivity index (χ4n) is 2.54. The number of nitrogens with zero attached hydrogens (tertiary/aromatic N) is 1. The molecule has 0 bridgehead atoms. The van der Waals surface area contributed by atoms with Gasteiger partial charge in [-0.25, -0.2) is 0 Å². The average molecular weight is 283 g/mol. The second-order valence-corrected chi connectivity index (χ2v) is 5.55. The van der Waals surface area contributed by atoms with Crippen LogP contribution in [-0.4, -0.2) is 36.0 Å². The molecule has 20 heavy (non-hydrogen) atoms. The summed E-state index contributed by atoms with van der Waals surface area (Å²) >= 11 is 0. The van der Waals surface area contributed by atoms with Gasteiger partial charge in [0.1, 0.15) is 6.23 Å². The highest BCUT2D eigenvalue weighted by Crippen LogP contribution is 2.19. The summed E-state index contributed by atoms with van der Waals surface area (Å²) in [6, 6.07) is 0. The second-order valence-electron chi connectivity index (χ2n) is 5.55. The van der Waals surface area contributed by atoms with Gasteiger partial charge in [-0.05, 0) is 32.1 Å². The topological polar surface area (TPSA) is 46.6 Å². The quantitative estimate of drug-likeness (QED) is 0.482. The minimum absolute atomic E-state index is 0.184. The standard InChI is InChI=1S/C16H29NO3/c1-3-5-6-7-10-14(18)16(19)17-12-9-8-11-15(17)20-13-4-2/h15H,3-13H2,1-2H3. The van der Waals surface area contributed by atoms with Crippen LogP contribution in [0.3, 0.4) is 0 Å². The summed E-state index contributed by atoms with van der Waals surface area (Å²) < 4.78 is 5.71. The van der Waals surface area contributed by atoms with Crippen LogP contribution in [0.5, 0.6) is 0 Å². The molecule has 0 N–H and O–H groups in total. The van der Waals surface area contributed by atoms with E-state index >= 15 is 0 Å². The molecule has 4 nitrogen and oxygen atoms in total. The molecule has 1 unspecified atom stereocenters. The van der Waals surface area contributed by atoms with Gasteiger partial charge in [-0.1, -0.05) is 33.1 Å². The first-order valence-electron chi connectivity index (χ1n) is 8.16. The number of carbonyl (C=O) groups is 2. The lowest BCUT2D eigenvalue weighted by Gasteiger charge is -2.34. The van der Waals surface area contributed by atoms with Crippen molar-refractivity contribution < 1.29 is 14.3 Å². The van der Waals surface area contributed by atoms with Gasteiger partial charge in [-0.15, -0.1) is 0 Å². The predicted octanol–water partition coefficient (Wildman–Crippen LogP) is 3.29. The van der Waals surface area contributed by atoms with E-state index in [1.165, 1.54) is 0 Å². The predicted molar refractivity (Wildman–Crippen MR) is 79.4 cm³/mol. The fraction of sp³-hybridized carbons (Fsp3) is 0.875. The van der Waals surface area contributed by atoms with Crippen LogP contribution in [-0.2, 0) is 14.3 Å². The molecule has 0 radical (unpaired) electrons. The van der Waals surface area contributed by atoms with Crippen LogP contribution in [0.15, 0.2) is 0 Å². The van der Waals surface area contributed by atoms with Gasteiger partial charge in [-0.3, -0.25) is 9.59 Å². The van der Waals surface area contributed by atoms with Crippen molar-refractivity contribution in [3.8, 4) is 0 Å².